The SMILES string of the molecule is CC(SCc1ccc(Cl)s1)C(=O)Nc1ccc(F)cc1F. The van der Waals surface area contributed by atoms with E-state index in [1.165, 1.54) is 29.2 Å². The quantitative estimate of drug-likeness (QED) is 0.830. The van der Waals surface area contributed by atoms with Crippen LogP contribution in [0.2, 0.25) is 4.34 Å². The third kappa shape index (κ3) is 4.69. The van der Waals surface area contributed by atoms with Crippen LogP contribution in [0.4, 0.5) is 14.5 Å². The molecule has 1 N–H and O–H groups in total. The zero-order valence-electron chi connectivity index (χ0n) is 11.0. The highest BCUT2D eigenvalue weighted by Crippen LogP contribution is 2.27. The van der Waals surface area contributed by atoms with E-state index in [4.69, 9.17) is 11.6 Å². The van der Waals surface area contributed by atoms with Gasteiger partial charge in [0.25, 0.3) is 0 Å². The molecule has 2 nitrogen and oxygen atoms in total. The van der Waals surface area contributed by atoms with E-state index in [0.717, 1.165) is 17.0 Å². The fourth-order valence-electron chi connectivity index (χ4n) is 1.54. The van der Waals surface area contributed by atoms with Gasteiger partial charge in [0.05, 0.1) is 15.3 Å². The van der Waals surface area contributed by atoms with Crippen LogP contribution in [0.3, 0.4) is 0 Å². The highest BCUT2D eigenvalue weighted by Gasteiger charge is 2.16. The van der Waals surface area contributed by atoms with Gasteiger partial charge in [-0.05, 0) is 31.2 Å². The lowest BCUT2D eigenvalue weighted by molar-refractivity contribution is -0.115. The van der Waals surface area contributed by atoms with Gasteiger partial charge in [-0.3, -0.25) is 4.79 Å². The zero-order chi connectivity index (χ0) is 15.4. The maximum Gasteiger partial charge on any atom is 0.237 e. The number of hydrogen-bond donors (Lipinski definition) is 1. The van der Waals surface area contributed by atoms with Crippen LogP contribution in [0.15, 0.2) is 30.3 Å². The van der Waals surface area contributed by atoms with E-state index < -0.39 is 11.6 Å². The molecule has 0 aliphatic rings. The van der Waals surface area contributed by atoms with Gasteiger partial charge in [0.1, 0.15) is 11.6 Å². The number of amides is 1. The minimum absolute atomic E-state index is 0.0204. The smallest absolute Gasteiger partial charge is 0.237 e. The van der Waals surface area contributed by atoms with Crippen LogP contribution < -0.4 is 5.32 Å². The summed E-state index contributed by atoms with van der Waals surface area (Å²) in [7, 11) is 0. The van der Waals surface area contributed by atoms with E-state index in [9.17, 15) is 13.6 Å². The van der Waals surface area contributed by atoms with Gasteiger partial charge in [-0.1, -0.05) is 11.6 Å². The predicted octanol–water partition coefficient (Wildman–Crippen LogP) is 4.94. The van der Waals surface area contributed by atoms with Crippen molar-refractivity contribution in [3.8, 4) is 0 Å². The Labute approximate surface area is 134 Å². The maximum atomic E-state index is 13.5. The second kappa shape index (κ2) is 7.24. The molecule has 1 atom stereocenters. The number of carbonyl (C=O) groups is 1. The molecule has 0 bridgehead atoms. The lowest BCUT2D eigenvalue weighted by Crippen LogP contribution is -2.23. The van der Waals surface area contributed by atoms with Gasteiger partial charge >= 0.3 is 0 Å². The van der Waals surface area contributed by atoms with E-state index in [2.05, 4.69) is 5.32 Å². The normalized spacial score (nSPS) is 12.2. The van der Waals surface area contributed by atoms with Gasteiger partial charge in [-0.25, -0.2) is 8.78 Å². The first kappa shape index (κ1) is 16.3. The Bertz CT molecular complexity index is 648. The molecule has 1 unspecified atom stereocenters. The fourth-order valence-corrected chi connectivity index (χ4v) is 3.58. The average Bonchev–Trinajstić information content (AvgIpc) is 2.85. The minimum atomic E-state index is -0.786. The molecule has 0 aliphatic heterocycles. The number of carbonyl (C=O) groups excluding carboxylic acids is 1. The van der Waals surface area contributed by atoms with E-state index >= 15 is 0 Å². The van der Waals surface area contributed by atoms with Crippen molar-refractivity contribution in [2.45, 2.75) is 17.9 Å². The summed E-state index contributed by atoms with van der Waals surface area (Å²) in [6.45, 7) is 1.73. The lowest BCUT2D eigenvalue weighted by Gasteiger charge is -2.12. The molecule has 1 aromatic carbocycles. The Morgan fingerprint density at radius 1 is 1.38 bits per heavy atom. The molecule has 0 fully saturated rings. The van der Waals surface area contributed by atoms with Crippen LogP contribution in [0.5, 0.6) is 0 Å². The number of hydrogen-bond acceptors (Lipinski definition) is 3. The Hall–Kier alpha value is -1.11. The third-order valence-electron chi connectivity index (χ3n) is 2.66. The summed E-state index contributed by atoms with van der Waals surface area (Å²) in [6.07, 6.45) is 0. The Kier molecular flexibility index (Phi) is 5.61. The number of benzene rings is 1. The minimum Gasteiger partial charge on any atom is -0.323 e. The lowest BCUT2D eigenvalue weighted by atomic mass is 10.3. The van der Waals surface area contributed by atoms with Crippen LogP contribution in [-0.4, -0.2) is 11.2 Å². The van der Waals surface area contributed by atoms with Crippen molar-refractivity contribution in [1.82, 2.24) is 0 Å². The van der Waals surface area contributed by atoms with Gasteiger partial charge < -0.3 is 5.32 Å². The Balaban J connectivity index is 1.90. The summed E-state index contributed by atoms with van der Waals surface area (Å²) < 4.78 is 26.9. The highest BCUT2D eigenvalue weighted by atomic mass is 35.5. The summed E-state index contributed by atoms with van der Waals surface area (Å²) in [5.74, 6) is -1.14. The Morgan fingerprint density at radius 3 is 2.76 bits per heavy atom. The van der Waals surface area contributed by atoms with Crippen molar-refractivity contribution in [1.29, 1.82) is 0 Å². The molecule has 1 heterocycles. The number of thiophene rings is 1. The van der Waals surface area contributed by atoms with Gasteiger partial charge in [-0.2, -0.15) is 0 Å². The molecule has 2 aromatic rings. The van der Waals surface area contributed by atoms with Crippen molar-refractivity contribution in [2.75, 3.05) is 5.32 Å². The van der Waals surface area contributed by atoms with Crippen LogP contribution in [0.1, 0.15) is 11.8 Å². The van der Waals surface area contributed by atoms with Gasteiger partial charge in [-0.15, -0.1) is 23.1 Å². The molecular weight excluding hydrogens is 336 g/mol. The van der Waals surface area contributed by atoms with Crippen LogP contribution >= 0.6 is 34.7 Å². The van der Waals surface area contributed by atoms with E-state index in [1.807, 2.05) is 6.07 Å². The summed E-state index contributed by atoms with van der Waals surface area (Å²) in [6, 6.07) is 6.76. The second-order valence-corrected chi connectivity index (χ2v) is 7.40. The number of nitrogens with one attached hydrogen (secondary N) is 1. The first-order valence-corrected chi connectivity index (χ1v) is 8.32. The molecule has 21 heavy (non-hydrogen) atoms. The van der Waals surface area contributed by atoms with Gasteiger partial charge in [0.2, 0.25) is 5.91 Å². The van der Waals surface area contributed by atoms with Gasteiger partial charge in [0.15, 0.2) is 0 Å². The van der Waals surface area contributed by atoms with Crippen molar-refractivity contribution in [3.63, 3.8) is 0 Å². The summed E-state index contributed by atoms with van der Waals surface area (Å²) in [5, 5.41) is 2.09. The molecule has 0 saturated heterocycles. The molecule has 1 aromatic heterocycles. The summed E-state index contributed by atoms with van der Waals surface area (Å²) in [5.41, 5.74) is -0.0204. The molecule has 0 saturated carbocycles. The van der Waals surface area contributed by atoms with Crippen LogP contribution in [-0.2, 0) is 10.5 Å². The van der Waals surface area contributed by atoms with Gasteiger partial charge in [0, 0.05) is 16.7 Å². The molecule has 0 radical (unpaired) electrons. The monoisotopic (exact) mass is 347 g/mol. The third-order valence-corrected chi connectivity index (χ3v) is 5.27. The van der Waals surface area contributed by atoms with Crippen molar-refractivity contribution >= 4 is 46.3 Å². The number of halogens is 3. The largest absolute Gasteiger partial charge is 0.323 e. The van der Waals surface area contributed by atoms with E-state index in [0.29, 0.717) is 10.1 Å². The standard InChI is InChI=1S/C14H12ClF2NOS2/c1-8(20-7-10-3-5-13(15)21-10)14(19)18-12-4-2-9(16)6-11(12)17/h2-6,8H,7H2,1H3,(H,18,19). The van der Waals surface area contributed by atoms with Crippen molar-refractivity contribution in [3.05, 3.63) is 51.2 Å². The molecular formula is C14H12ClF2NOS2. The van der Waals surface area contributed by atoms with Crippen LogP contribution in [0.25, 0.3) is 0 Å². The topological polar surface area (TPSA) is 29.1 Å². The molecule has 0 aliphatic carbocycles. The fraction of sp³-hybridized carbons (Fsp3) is 0.214. The van der Waals surface area contributed by atoms with Crippen molar-refractivity contribution < 1.29 is 13.6 Å². The van der Waals surface area contributed by atoms with E-state index in [-0.39, 0.29) is 16.8 Å². The first-order chi connectivity index (χ1) is 9.95. The molecule has 1 amide bonds. The first-order valence-electron chi connectivity index (χ1n) is 6.07. The van der Waals surface area contributed by atoms with Crippen LogP contribution in [0, 0.1) is 11.6 Å². The molecule has 0 spiro atoms. The summed E-state index contributed by atoms with van der Waals surface area (Å²) >= 11 is 8.72. The average molecular weight is 348 g/mol. The molecule has 112 valence electrons. The summed E-state index contributed by atoms with van der Waals surface area (Å²) in [4.78, 5) is 13.0. The zero-order valence-corrected chi connectivity index (χ0v) is 13.4. The highest BCUT2D eigenvalue weighted by molar-refractivity contribution is 7.99. The second-order valence-electron chi connectivity index (χ2n) is 4.27. The van der Waals surface area contributed by atoms with E-state index in [1.54, 1.807) is 13.0 Å². The van der Waals surface area contributed by atoms with Crippen molar-refractivity contribution in [2.24, 2.45) is 0 Å². The maximum absolute atomic E-state index is 13.5. The number of anilines is 1. The number of rotatable bonds is 5. The molecule has 7 heteroatoms. The molecule has 2 rings (SSSR count). The number of thioether (sulfide) groups is 1. The Morgan fingerprint density at radius 2 is 2.14 bits per heavy atom. The predicted molar refractivity (Wildman–Crippen MR) is 85.1 cm³/mol.